The zero-order valence-electron chi connectivity index (χ0n) is 9.69. The van der Waals surface area contributed by atoms with E-state index >= 15 is 0 Å². The van der Waals surface area contributed by atoms with E-state index in [0.717, 1.165) is 6.20 Å². The fourth-order valence-corrected chi connectivity index (χ4v) is 1.21. The van der Waals surface area contributed by atoms with E-state index < -0.39 is 21.5 Å². The molecule has 102 valence electrons. The van der Waals surface area contributed by atoms with Crippen molar-refractivity contribution in [2.75, 3.05) is 6.26 Å². The molecule has 0 amide bonds. The van der Waals surface area contributed by atoms with Gasteiger partial charge in [-0.1, -0.05) is 0 Å². The molecule has 2 rings (SSSR count). The Morgan fingerprint density at radius 1 is 1.42 bits per heavy atom. The number of nitrogens with zero attached hydrogens (tertiary/aromatic N) is 1. The van der Waals surface area contributed by atoms with Gasteiger partial charge in [-0.2, -0.15) is 8.42 Å². The molecule has 0 aliphatic carbocycles. The van der Waals surface area contributed by atoms with Gasteiger partial charge in [0.25, 0.3) is 10.1 Å². The number of carbonyl (C=O) groups is 1. The first-order chi connectivity index (χ1) is 8.70. The Balaban J connectivity index is 0.000000312. The SMILES string of the molecule is CS(=O)(=O)O.O=C(O)c1c[nH]c2ncccc2c1=O. The maximum atomic E-state index is 11.5. The van der Waals surface area contributed by atoms with Crippen molar-refractivity contribution in [1.82, 2.24) is 9.97 Å². The summed E-state index contributed by atoms with van der Waals surface area (Å²) in [6.07, 6.45) is 3.39. The molecule has 8 nitrogen and oxygen atoms in total. The van der Waals surface area contributed by atoms with Crippen LogP contribution in [0.4, 0.5) is 0 Å². The minimum absolute atomic E-state index is 0.273. The van der Waals surface area contributed by atoms with Gasteiger partial charge >= 0.3 is 5.97 Å². The number of aromatic nitrogens is 2. The van der Waals surface area contributed by atoms with Crippen LogP contribution in [0.25, 0.3) is 11.0 Å². The highest BCUT2D eigenvalue weighted by molar-refractivity contribution is 7.85. The van der Waals surface area contributed by atoms with E-state index in [0.29, 0.717) is 11.9 Å². The van der Waals surface area contributed by atoms with Crippen LogP contribution < -0.4 is 5.43 Å². The van der Waals surface area contributed by atoms with E-state index in [9.17, 15) is 18.0 Å². The fourth-order valence-electron chi connectivity index (χ4n) is 1.21. The van der Waals surface area contributed by atoms with Crippen LogP contribution in [0, 0.1) is 0 Å². The van der Waals surface area contributed by atoms with Gasteiger partial charge in [-0.25, -0.2) is 9.78 Å². The maximum absolute atomic E-state index is 11.5. The molecule has 0 aromatic carbocycles. The third-order valence-electron chi connectivity index (χ3n) is 1.88. The van der Waals surface area contributed by atoms with Crippen LogP contribution in [0.2, 0.25) is 0 Å². The smallest absolute Gasteiger partial charge is 0.341 e. The Labute approximate surface area is 107 Å². The van der Waals surface area contributed by atoms with Crippen LogP contribution in [-0.2, 0) is 10.1 Å². The molecule has 2 heterocycles. The van der Waals surface area contributed by atoms with Crippen molar-refractivity contribution in [3.63, 3.8) is 0 Å². The van der Waals surface area contributed by atoms with Crippen molar-refractivity contribution in [2.45, 2.75) is 0 Å². The van der Waals surface area contributed by atoms with E-state index in [1.165, 1.54) is 12.3 Å². The van der Waals surface area contributed by atoms with Gasteiger partial charge in [0.2, 0.25) is 5.43 Å². The summed E-state index contributed by atoms with van der Waals surface area (Å²) in [5.74, 6) is -1.24. The van der Waals surface area contributed by atoms with Gasteiger partial charge in [0.05, 0.1) is 11.6 Å². The lowest BCUT2D eigenvalue weighted by Crippen LogP contribution is -2.15. The van der Waals surface area contributed by atoms with Gasteiger partial charge in [0.1, 0.15) is 11.2 Å². The molecule has 0 aliphatic heterocycles. The van der Waals surface area contributed by atoms with E-state index in [2.05, 4.69) is 9.97 Å². The average Bonchev–Trinajstić information content (AvgIpc) is 2.27. The van der Waals surface area contributed by atoms with Crippen LogP contribution in [-0.4, -0.2) is 40.3 Å². The van der Waals surface area contributed by atoms with Crippen molar-refractivity contribution < 1.29 is 22.9 Å². The van der Waals surface area contributed by atoms with E-state index in [-0.39, 0.29) is 10.9 Å². The quantitative estimate of drug-likeness (QED) is 0.633. The second kappa shape index (κ2) is 5.59. The molecular formula is C10H10N2O6S. The second-order valence-electron chi connectivity index (χ2n) is 3.47. The molecule has 0 aliphatic rings. The second-order valence-corrected chi connectivity index (χ2v) is 4.94. The number of carboxylic acids is 1. The van der Waals surface area contributed by atoms with Gasteiger partial charge in [-0.05, 0) is 12.1 Å². The van der Waals surface area contributed by atoms with Gasteiger partial charge < -0.3 is 10.1 Å². The number of H-pyrrole nitrogens is 1. The predicted molar refractivity (Wildman–Crippen MR) is 66.8 cm³/mol. The first-order valence-corrected chi connectivity index (χ1v) is 6.67. The first-order valence-electron chi connectivity index (χ1n) is 4.82. The van der Waals surface area contributed by atoms with Gasteiger partial charge in [-0.3, -0.25) is 9.35 Å². The van der Waals surface area contributed by atoms with Crippen LogP contribution >= 0.6 is 0 Å². The third kappa shape index (κ3) is 4.48. The molecule has 0 saturated heterocycles. The van der Waals surface area contributed by atoms with Crippen molar-refractivity contribution in [3.8, 4) is 0 Å². The largest absolute Gasteiger partial charge is 0.477 e. The minimum atomic E-state index is -3.67. The molecule has 19 heavy (non-hydrogen) atoms. The van der Waals surface area contributed by atoms with Gasteiger partial charge in [-0.15, -0.1) is 0 Å². The number of carboxylic acid groups (broad SMARTS) is 1. The number of aromatic amines is 1. The summed E-state index contributed by atoms with van der Waals surface area (Å²) in [7, 11) is -3.67. The molecule has 0 saturated carbocycles. The molecule has 0 unspecified atom stereocenters. The number of pyridine rings is 2. The molecule has 0 bridgehead atoms. The number of fused-ring (bicyclic) bond motifs is 1. The summed E-state index contributed by atoms with van der Waals surface area (Å²) in [6, 6.07) is 3.12. The van der Waals surface area contributed by atoms with Gasteiger partial charge in [0, 0.05) is 12.4 Å². The van der Waals surface area contributed by atoms with Crippen LogP contribution in [0.5, 0.6) is 0 Å². The topological polar surface area (TPSA) is 137 Å². The Morgan fingerprint density at radius 2 is 2.00 bits per heavy atom. The predicted octanol–water partition coefficient (Wildman–Crippen LogP) is 0.125. The summed E-state index contributed by atoms with van der Waals surface area (Å²) in [4.78, 5) is 28.7. The lowest BCUT2D eigenvalue weighted by atomic mass is 10.2. The molecule has 2 aromatic rings. The number of hydrogen-bond acceptors (Lipinski definition) is 5. The summed E-state index contributed by atoms with van der Waals surface area (Å²) < 4.78 is 25.9. The standard InChI is InChI=1S/C9H6N2O3.CH4O3S/c12-7-5-2-1-3-10-8(5)11-4-6(7)9(13)14;1-5(2,3)4/h1-4H,(H,13,14)(H,10,11,12);1H3,(H,2,3,4). The summed E-state index contributed by atoms with van der Waals surface area (Å²) >= 11 is 0. The number of aromatic carboxylic acids is 1. The molecule has 0 radical (unpaired) electrons. The maximum Gasteiger partial charge on any atom is 0.341 e. The normalized spacial score (nSPS) is 10.6. The van der Waals surface area contributed by atoms with E-state index in [1.807, 2.05) is 0 Å². The van der Waals surface area contributed by atoms with E-state index in [4.69, 9.17) is 9.66 Å². The lowest BCUT2D eigenvalue weighted by Gasteiger charge is -1.97. The molecule has 3 N–H and O–H groups in total. The van der Waals surface area contributed by atoms with Crippen LogP contribution in [0.3, 0.4) is 0 Å². The molecule has 0 spiro atoms. The lowest BCUT2D eigenvalue weighted by molar-refractivity contribution is 0.0695. The Bertz CT molecular complexity index is 757. The Kier molecular flexibility index (Phi) is 4.35. The Morgan fingerprint density at radius 3 is 2.53 bits per heavy atom. The minimum Gasteiger partial charge on any atom is -0.477 e. The highest BCUT2D eigenvalue weighted by atomic mass is 32.2. The zero-order chi connectivity index (χ0) is 14.6. The van der Waals surface area contributed by atoms with Crippen molar-refractivity contribution in [1.29, 1.82) is 0 Å². The summed E-state index contributed by atoms with van der Waals surface area (Å²) in [5, 5.41) is 8.97. The summed E-state index contributed by atoms with van der Waals surface area (Å²) in [5.41, 5.74) is -0.396. The van der Waals surface area contributed by atoms with Crippen LogP contribution in [0.15, 0.2) is 29.3 Å². The monoisotopic (exact) mass is 286 g/mol. The van der Waals surface area contributed by atoms with Crippen molar-refractivity contribution in [3.05, 3.63) is 40.3 Å². The van der Waals surface area contributed by atoms with Crippen LogP contribution in [0.1, 0.15) is 10.4 Å². The first kappa shape index (κ1) is 14.8. The van der Waals surface area contributed by atoms with Crippen molar-refractivity contribution in [2.24, 2.45) is 0 Å². The van der Waals surface area contributed by atoms with Crippen molar-refractivity contribution >= 4 is 27.1 Å². The molecule has 9 heteroatoms. The molecule has 0 atom stereocenters. The van der Waals surface area contributed by atoms with Gasteiger partial charge in [0.15, 0.2) is 0 Å². The fraction of sp³-hybridized carbons (Fsp3) is 0.100. The number of hydrogen-bond donors (Lipinski definition) is 3. The summed E-state index contributed by atoms with van der Waals surface area (Å²) in [6.45, 7) is 0. The average molecular weight is 286 g/mol. The van der Waals surface area contributed by atoms with E-state index in [1.54, 1.807) is 6.07 Å². The molecule has 2 aromatic heterocycles. The molecular weight excluding hydrogens is 276 g/mol. The highest BCUT2D eigenvalue weighted by Gasteiger charge is 2.10. The molecule has 0 fully saturated rings. The number of nitrogens with one attached hydrogen (secondary N) is 1. The third-order valence-corrected chi connectivity index (χ3v) is 1.88. The Hall–Kier alpha value is -2.26. The number of rotatable bonds is 1. The highest BCUT2D eigenvalue weighted by Crippen LogP contribution is 2.03. The zero-order valence-corrected chi connectivity index (χ0v) is 10.5.